The van der Waals surface area contributed by atoms with Crippen molar-refractivity contribution >= 4 is 5.91 Å². The maximum Gasteiger partial charge on any atom is 0.219 e. The SMILES string of the molecule is CC.CCCN(CCC(C)C)C(C)=O. The van der Waals surface area contributed by atoms with E-state index in [1.807, 2.05) is 18.7 Å². The first-order chi connectivity index (χ1) is 6.57. The van der Waals surface area contributed by atoms with E-state index < -0.39 is 0 Å². The first-order valence-corrected chi connectivity index (χ1v) is 5.83. The summed E-state index contributed by atoms with van der Waals surface area (Å²) in [5.41, 5.74) is 0. The molecule has 0 aliphatic carbocycles. The average molecular weight is 201 g/mol. The molecule has 0 aromatic carbocycles. The van der Waals surface area contributed by atoms with Crippen LogP contribution in [-0.2, 0) is 4.79 Å². The van der Waals surface area contributed by atoms with Gasteiger partial charge < -0.3 is 4.90 Å². The maximum absolute atomic E-state index is 11.1. The van der Waals surface area contributed by atoms with Crippen LogP contribution in [0.4, 0.5) is 0 Å². The molecule has 0 radical (unpaired) electrons. The number of hydrogen-bond donors (Lipinski definition) is 0. The van der Waals surface area contributed by atoms with Crippen molar-refractivity contribution in [3.8, 4) is 0 Å². The molecule has 2 nitrogen and oxygen atoms in total. The van der Waals surface area contributed by atoms with Gasteiger partial charge in [0.05, 0.1) is 0 Å². The maximum atomic E-state index is 11.1. The molecular formula is C12H27NO. The fourth-order valence-electron chi connectivity index (χ4n) is 1.11. The number of amides is 1. The smallest absolute Gasteiger partial charge is 0.219 e. The lowest BCUT2D eigenvalue weighted by Gasteiger charge is -2.21. The number of carbonyl (C=O) groups excluding carboxylic acids is 1. The lowest BCUT2D eigenvalue weighted by Crippen LogP contribution is -2.31. The topological polar surface area (TPSA) is 20.3 Å². The fourth-order valence-corrected chi connectivity index (χ4v) is 1.11. The molecule has 0 saturated heterocycles. The highest BCUT2D eigenvalue weighted by Crippen LogP contribution is 2.02. The molecule has 0 rings (SSSR count). The third-order valence-electron chi connectivity index (χ3n) is 1.92. The van der Waals surface area contributed by atoms with E-state index in [9.17, 15) is 4.79 Å². The second-order valence-corrected chi connectivity index (χ2v) is 3.69. The van der Waals surface area contributed by atoms with Gasteiger partial charge in [0.15, 0.2) is 0 Å². The molecule has 0 bridgehead atoms. The zero-order chi connectivity index (χ0) is 11.6. The summed E-state index contributed by atoms with van der Waals surface area (Å²) >= 11 is 0. The van der Waals surface area contributed by atoms with Crippen molar-refractivity contribution in [3.05, 3.63) is 0 Å². The molecule has 14 heavy (non-hydrogen) atoms. The summed E-state index contributed by atoms with van der Waals surface area (Å²) in [6, 6.07) is 0. The first-order valence-electron chi connectivity index (χ1n) is 5.83. The molecule has 0 saturated carbocycles. The molecule has 0 atom stereocenters. The molecule has 2 heteroatoms. The third-order valence-corrected chi connectivity index (χ3v) is 1.92. The summed E-state index contributed by atoms with van der Waals surface area (Å²) in [7, 11) is 0. The first kappa shape index (κ1) is 15.9. The molecular weight excluding hydrogens is 174 g/mol. The van der Waals surface area contributed by atoms with Gasteiger partial charge in [0.2, 0.25) is 5.91 Å². The van der Waals surface area contributed by atoms with Gasteiger partial charge in [-0.2, -0.15) is 0 Å². The third kappa shape index (κ3) is 9.56. The van der Waals surface area contributed by atoms with Gasteiger partial charge >= 0.3 is 0 Å². The minimum Gasteiger partial charge on any atom is -0.343 e. The van der Waals surface area contributed by atoms with Gasteiger partial charge in [-0.1, -0.05) is 34.6 Å². The van der Waals surface area contributed by atoms with Crippen LogP contribution in [0, 0.1) is 5.92 Å². The van der Waals surface area contributed by atoms with Crippen LogP contribution in [0.5, 0.6) is 0 Å². The highest BCUT2D eigenvalue weighted by molar-refractivity contribution is 5.73. The molecule has 1 amide bonds. The Balaban J connectivity index is 0. The van der Waals surface area contributed by atoms with Crippen molar-refractivity contribution in [2.24, 2.45) is 5.92 Å². The molecule has 0 aliphatic rings. The van der Waals surface area contributed by atoms with E-state index >= 15 is 0 Å². The van der Waals surface area contributed by atoms with E-state index in [0.29, 0.717) is 5.92 Å². The van der Waals surface area contributed by atoms with Gasteiger partial charge in [-0.05, 0) is 18.8 Å². The minimum absolute atomic E-state index is 0.206. The van der Waals surface area contributed by atoms with Crippen molar-refractivity contribution in [1.82, 2.24) is 4.90 Å². The Hall–Kier alpha value is -0.530. The van der Waals surface area contributed by atoms with Gasteiger partial charge in [0, 0.05) is 20.0 Å². The fraction of sp³-hybridized carbons (Fsp3) is 0.917. The quantitative estimate of drug-likeness (QED) is 0.668. The van der Waals surface area contributed by atoms with Gasteiger partial charge in [0.1, 0.15) is 0 Å². The largest absolute Gasteiger partial charge is 0.343 e. The van der Waals surface area contributed by atoms with E-state index in [-0.39, 0.29) is 5.91 Å². The van der Waals surface area contributed by atoms with Crippen LogP contribution in [0.25, 0.3) is 0 Å². The number of nitrogens with zero attached hydrogens (tertiary/aromatic N) is 1. The molecule has 0 N–H and O–H groups in total. The Morgan fingerprint density at radius 1 is 1.21 bits per heavy atom. The minimum atomic E-state index is 0.206. The molecule has 86 valence electrons. The Labute approximate surface area is 89.7 Å². The average Bonchev–Trinajstić information content (AvgIpc) is 2.14. The van der Waals surface area contributed by atoms with Gasteiger partial charge in [0.25, 0.3) is 0 Å². The van der Waals surface area contributed by atoms with Crippen molar-refractivity contribution in [2.75, 3.05) is 13.1 Å². The summed E-state index contributed by atoms with van der Waals surface area (Å²) in [5.74, 6) is 0.890. The Bertz CT molecular complexity index is 132. The van der Waals surface area contributed by atoms with Crippen LogP contribution in [0.2, 0.25) is 0 Å². The van der Waals surface area contributed by atoms with Gasteiger partial charge in [-0.25, -0.2) is 0 Å². The summed E-state index contributed by atoms with van der Waals surface area (Å²) in [6.45, 7) is 13.9. The molecule has 0 aromatic heterocycles. The van der Waals surface area contributed by atoms with E-state index in [1.165, 1.54) is 0 Å². The summed E-state index contributed by atoms with van der Waals surface area (Å²) in [6.07, 6.45) is 2.16. The van der Waals surface area contributed by atoms with E-state index in [4.69, 9.17) is 0 Å². The lowest BCUT2D eigenvalue weighted by atomic mass is 10.1. The molecule has 0 unspecified atom stereocenters. The Morgan fingerprint density at radius 3 is 2.00 bits per heavy atom. The second kappa shape index (κ2) is 10.6. The summed E-state index contributed by atoms with van der Waals surface area (Å²) in [5, 5.41) is 0. The molecule has 0 fully saturated rings. The molecule has 0 spiro atoms. The van der Waals surface area contributed by atoms with Crippen LogP contribution in [0.15, 0.2) is 0 Å². The van der Waals surface area contributed by atoms with Crippen molar-refractivity contribution in [3.63, 3.8) is 0 Å². The second-order valence-electron chi connectivity index (χ2n) is 3.69. The number of carbonyl (C=O) groups is 1. The Kier molecular flexibility index (Phi) is 12.0. The van der Waals surface area contributed by atoms with Crippen molar-refractivity contribution in [2.45, 2.75) is 54.4 Å². The van der Waals surface area contributed by atoms with Crippen LogP contribution in [0.1, 0.15) is 54.4 Å². The van der Waals surface area contributed by atoms with Crippen LogP contribution < -0.4 is 0 Å². The van der Waals surface area contributed by atoms with Gasteiger partial charge in [-0.15, -0.1) is 0 Å². The summed E-state index contributed by atoms with van der Waals surface area (Å²) < 4.78 is 0. The van der Waals surface area contributed by atoms with Crippen LogP contribution in [-0.4, -0.2) is 23.9 Å². The van der Waals surface area contributed by atoms with Crippen molar-refractivity contribution < 1.29 is 4.79 Å². The number of hydrogen-bond acceptors (Lipinski definition) is 1. The zero-order valence-corrected chi connectivity index (χ0v) is 10.8. The summed E-state index contributed by atoms with van der Waals surface area (Å²) in [4.78, 5) is 13.0. The molecule has 0 heterocycles. The van der Waals surface area contributed by atoms with E-state index in [0.717, 1.165) is 25.9 Å². The van der Waals surface area contributed by atoms with Crippen molar-refractivity contribution in [1.29, 1.82) is 0 Å². The highest BCUT2D eigenvalue weighted by atomic mass is 16.2. The molecule has 0 aromatic rings. The normalized spacial score (nSPS) is 9.36. The monoisotopic (exact) mass is 201 g/mol. The predicted molar refractivity (Wildman–Crippen MR) is 63.3 cm³/mol. The Morgan fingerprint density at radius 2 is 1.71 bits per heavy atom. The highest BCUT2D eigenvalue weighted by Gasteiger charge is 2.06. The number of rotatable bonds is 5. The molecule has 0 aliphatic heterocycles. The van der Waals surface area contributed by atoms with Crippen LogP contribution >= 0.6 is 0 Å². The van der Waals surface area contributed by atoms with E-state index in [1.54, 1.807) is 6.92 Å². The predicted octanol–water partition coefficient (Wildman–Crippen LogP) is 3.32. The zero-order valence-electron chi connectivity index (χ0n) is 10.8. The van der Waals surface area contributed by atoms with E-state index in [2.05, 4.69) is 20.8 Å². The van der Waals surface area contributed by atoms with Gasteiger partial charge in [-0.3, -0.25) is 4.79 Å². The standard InChI is InChI=1S/C10H21NO.C2H6/c1-5-7-11(10(4)12)8-6-9(2)3;1-2/h9H,5-8H2,1-4H3;1-2H3. The lowest BCUT2D eigenvalue weighted by molar-refractivity contribution is -0.129. The van der Waals surface area contributed by atoms with Crippen LogP contribution in [0.3, 0.4) is 0 Å².